The van der Waals surface area contributed by atoms with Gasteiger partial charge in [-0.2, -0.15) is 0 Å². The molecule has 3 aromatic carbocycles. The van der Waals surface area contributed by atoms with Crippen molar-refractivity contribution in [3.8, 4) is 11.5 Å². The molecular weight excluding hydrogens is 578 g/mol. The van der Waals surface area contributed by atoms with E-state index in [9.17, 15) is 19.2 Å². The lowest BCUT2D eigenvalue weighted by Crippen LogP contribution is -2.54. The fraction of sp³-hybridized carbons (Fsp3) is 0.111. The molecule has 11 heteroatoms. The van der Waals surface area contributed by atoms with Crippen molar-refractivity contribution >= 4 is 68.7 Å². The summed E-state index contributed by atoms with van der Waals surface area (Å²) in [7, 11) is 0. The third-order valence-electron chi connectivity index (χ3n) is 5.29. The van der Waals surface area contributed by atoms with E-state index in [2.05, 4.69) is 26.6 Å². The molecule has 0 aromatic heterocycles. The molecule has 0 aliphatic carbocycles. The lowest BCUT2D eigenvalue weighted by molar-refractivity contribution is -0.122. The van der Waals surface area contributed by atoms with Crippen molar-refractivity contribution in [3.05, 3.63) is 87.4 Å². The quantitative estimate of drug-likeness (QED) is 0.273. The molecule has 9 nitrogen and oxygen atoms in total. The first kappa shape index (κ1) is 26.9. The first-order valence-corrected chi connectivity index (χ1v) is 12.5. The van der Waals surface area contributed by atoms with Crippen LogP contribution in [0, 0.1) is 0 Å². The molecule has 2 N–H and O–H groups in total. The summed E-state index contributed by atoms with van der Waals surface area (Å²) < 4.78 is 11.7. The monoisotopic (exact) mass is 597 g/mol. The Bertz CT molecular complexity index is 1440. The number of para-hydroxylation sites is 1. The number of hydrogen-bond acceptors (Lipinski definition) is 6. The molecule has 0 spiro atoms. The van der Waals surface area contributed by atoms with Gasteiger partial charge in [-0.15, -0.1) is 0 Å². The highest BCUT2D eigenvalue weighted by atomic mass is 79.9. The van der Waals surface area contributed by atoms with Crippen LogP contribution < -0.4 is 25.0 Å². The second-order valence-corrected chi connectivity index (χ2v) is 9.21. The molecular formula is C27H21BrClN3O6. The third kappa shape index (κ3) is 6.21. The minimum Gasteiger partial charge on any atom is -0.494 e. The third-order valence-corrected chi connectivity index (χ3v) is 6.11. The maximum atomic E-state index is 13.3. The smallest absolute Gasteiger partial charge is 0.335 e. The van der Waals surface area contributed by atoms with Crippen LogP contribution in [0.1, 0.15) is 12.5 Å². The van der Waals surface area contributed by atoms with Gasteiger partial charge >= 0.3 is 6.03 Å². The molecule has 0 saturated carbocycles. The molecule has 1 aliphatic heterocycles. The number of carbonyl (C=O) groups excluding carboxylic acids is 4. The molecule has 1 aliphatic rings. The number of amides is 5. The summed E-state index contributed by atoms with van der Waals surface area (Å²) >= 11 is 9.44. The molecule has 5 amide bonds. The number of anilines is 2. The normalized spacial score (nSPS) is 14.3. The molecule has 0 bridgehead atoms. The van der Waals surface area contributed by atoms with Crippen molar-refractivity contribution in [1.29, 1.82) is 0 Å². The van der Waals surface area contributed by atoms with Crippen molar-refractivity contribution in [2.45, 2.75) is 6.92 Å². The van der Waals surface area contributed by atoms with E-state index in [0.717, 1.165) is 4.90 Å². The van der Waals surface area contributed by atoms with Crippen molar-refractivity contribution < 1.29 is 28.7 Å². The molecule has 4 rings (SSSR count). The average molecular weight is 599 g/mol. The Hall–Kier alpha value is -4.15. The molecule has 0 unspecified atom stereocenters. The number of hydrogen-bond donors (Lipinski definition) is 2. The summed E-state index contributed by atoms with van der Waals surface area (Å²) in [5, 5.41) is 5.22. The number of nitrogens with one attached hydrogen (secondary N) is 2. The topological polar surface area (TPSA) is 114 Å². The maximum absolute atomic E-state index is 13.3. The second kappa shape index (κ2) is 11.9. The standard InChI is InChI=1S/C27H21BrClN3O6/c1-2-37-19-10-8-18(9-11-19)32-26(35)20(25(34)31-27(32)36)14-16-13-17(28)7-12-23(16)38-15-24(33)30-22-6-4-3-5-21(22)29/h3-14H,2,15H2,1H3,(H,30,33)(H,31,34,36)/b20-14+. The fourth-order valence-corrected chi connectivity index (χ4v) is 4.12. The van der Waals surface area contributed by atoms with Gasteiger partial charge in [0.25, 0.3) is 17.7 Å². The highest BCUT2D eigenvalue weighted by Gasteiger charge is 2.37. The van der Waals surface area contributed by atoms with E-state index >= 15 is 0 Å². The predicted molar refractivity (Wildman–Crippen MR) is 146 cm³/mol. The second-order valence-electron chi connectivity index (χ2n) is 7.88. The highest BCUT2D eigenvalue weighted by molar-refractivity contribution is 9.10. The van der Waals surface area contributed by atoms with E-state index in [-0.39, 0.29) is 23.6 Å². The molecule has 1 saturated heterocycles. The zero-order valence-electron chi connectivity index (χ0n) is 20.0. The average Bonchev–Trinajstić information content (AvgIpc) is 2.88. The van der Waals surface area contributed by atoms with Gasteiger partial charge in [-0.1, -0.05) is 39.7 Å². The summed E-state index contributed by atoms with van der Waals surface area (Å²) in [6.45, 7) is 1.94. The molecule has 194 valence electrons. The minimum atomic E-state index is -0.872. The number of barbiturate groups is 1. The Kier molecular flexibility index (Phi) is 8.45. The molecule has 0 radical (unpaired) electrons. The zero-order valence-corrected chi connectivity index (χ0v) is 22.3. The molecule has 1 fully saturated rings. The first-order chi connectivity index (χ1) is 18.3. The number of urea groups is 1. The van der Waals surface area contributed by atoms with Gasteiger partial charge in [-0.25, -0.2) is 9.69 Å². The van der Waals surface area contributed by atoms with Crippen LogP contribution in [0.15, 0.2) is 76.8 Å². The number of imide groups is 2. The van der Waals surface area contributed by atoms with Gasteiger partial charge in [0.15, 0.2) is 6.61 Å². The number of nitrogens with zero attached hydrogens (tertiary/aromatic N) is 1. The Balaban J connectivity index is 1.57. The predicted octanol–water partition coefficient (Wildman–Crippen LogP) is 5.19. The molecule has 1 heterocycles. The molecule has 38 heavy (non-hydrogen) atoms. The van der Waals surface area contributed by atoms with E-state index in [1.54, 1.807) is 66.7 Å². The lowest BCUT2D eigenvalue weighted by atomic mass is 10.1. The summed E-state index contributed by atoms with van der Waals surface area (Å²) in [5.74, 6) is -1.32. The Morgan fingerprint density at radius 1 is 1.05 bits per heavy atom. The van der Waals surface area contributed by atoms with Crippen molar-refractivity contribution in [1.82, 2.24) is 5.32 Å². The van der Waals surface area contributed by atoms with Gasteiger partial charge in [0.2, 0.25) is 0 Å². The van der Waals surface area contributed by atoms with E-state index in [1.165, 1.54) is 6.08 Å². The Labute approximate surface area is 231 Å². The van der Waals surface area contributed by atoms with Crippen molar-refractivity contribution in [3.63, 3.8) is 0 Å². The van der Waals surface area contributed by atoms with Gasteiger partial charge in [-0.3, -0.25) is 19.7 Å². The molecule has 3 aromatic rings. The number of rotatable bonds is 8. The van der Waals surface area contributed by atoms with Gasteiger partial charge in [0, 0.05) is 10.0 Å². The van der Waals surface area contributed by atoms with Crippen LogP contribution in [0.5, 0.6) is 11.5 Å². The lowest BCUT2D eigenvalue weighted by Gasteiger charge is -2.26. The maximum Gasteiger partial charge on any atom is 0.335 e. The van der Waals surface area contributed by atoms with Crippen LogP contribution in [0.3, 0.4) is 0 Å². The number of ether oxygens (including phenoxy) is 2. The van der Waals surface area contributed by atoms with Gasteiger partial charge in [-0.05, 0) is 67.6 Å². The van der Waals surface area contributed by atoms with E-state index in [0.29, 0.717) is 33.1 Å². The molecule has 0 atom stereocenters. The van der Waals surface area contributed by atoms with Crippen LogP contribution in [0.2, 0.25) is 5.02 Å². The van der Waals surface area contributed by atoms with Crippen LogP contribution in [0.25, 0.3) is 6.08 Å². The van der Waals surface area contributed by atoms with Gasteiger partial charge in [0.1, 0.15) is 17.1 Å². The summed E-state index contributed by atoms with van der Waals surface area (Å²) in [5.41, 5.74) is 0.743. The van der Waals surface area contributed by atoms with Crippen LogP contribution in [-0.2, 0) is 14.4 Å². The van der Waals surface area contributed by atoms with E-state index in [1.807, 2.05) is 6.92 Å². The number of benzene rings is 3. The zero-order chi connectivity index (χ0) is 27.2. The van der Waals surface area contributed by atoms with E-state index in [4.69, 9.17) is 21.1 Å². The van der Waals surface area contributed by atoms with Crippen molar-refractivity contribution in [2.24, 2.45) is 0 Å². The van der Waals surface area contributed by atoms with Gasteiger partial charge in [0.05, 0.1) is 23.0 Å². The minimum absolute atomic E-state index is 0.236. The van der Waals surface area contributed by atoms with E-state index < -0.39 is 23.8 Å². The van der Waals surface area contributed by atoms with Gasteiger partial charge < -0.3 is 14.8 Å². The number of halogens is 2. The Morgan fingerprint density at radius 3 is 2.50 bits per heavy atom. The van der Waals surface area contributed by atoms with Crippen LogP contribution in [0.4, 0.5) is 16.2 Å². The first-order valence-electron chi connectivity index (χ1n) is 11.4. The number of carbonyl (C=O) groups is 4. The fourth-order valence-electron chi connectivity index (χ4n) is 3.56. The van der Waals surface area contributed by atoms with Crippen LogP contribution >= 0.6 is 27.5 Å². The van der Waals surface area contributed by atoms with Crippen LogP contribution in [-0.4, -0.2) is 37.0 Å². The highest BCUT2D eigenvalue weighted by Crippen LogP contribution is 2.29. The SMILES string of the molecule is CCOc1ccc(N2C(=O)NC(=O)/C(=C\c3cc(Br)ccc3OCC(=O)Nc3ccccc3Cl)C2=O)cc1. The largest absolute Gasteiger partial charge is 0.494 e. The summed E-state index contributed by atoms with van der Waals surface area (Å²) in [6.07, 6.45) is 1.30. The summed E-state index contributed by atoms with van der Waals surface area (Å²) in [6, 6.07) is 17.1. The summed E-state index contributed by atoms with van der Waals surface area (Å²) in [4.78, 5) is 51.7. The Morgan fingerprint density at radius 2 is 1.79 bits per heavy atom. The van der Waals surface area contributed by atoms with Crippen molar-refractivity contribution in [2.75, 3.05) is 23.4 Å².